The number of nitrogens with one attached hydrogen (secondary N) is 1. The first-order valence-corrected chi connectivity index (χ1v) is 9.65. The number of rotatable bonds is 3. The third-order valence-electron chi connectivity index (χ3n) is 4.79. The number of hydrogen-bond acceptors (Lipinski definition) is 5. The van der Waals surface area contributed by atoms with Crippen LogP contribution in [-0.4, -0.2) is 33.2 Å². The molecule has 0 saturated carbocycles. The second-order valence-electron chi connectivity index (χ2n) is 6.83. The summed E-state index contributed by atoms with van der Waals surface area (Å²) in [6.45, 7) is 1.90. The highest BCUT2D eigenvalue weighted by Crippen LogP contribution is 2.37. The van der Waals surface area contributed by atoms with Gasteiger partial charge in [0.25, 0.3) is 18.4 Å². The van der Waals surface area contributed by atoms with Gasteiger partial charge in [-0.1, -0.05) is 18.2 Å². The van der Waals surface area contributed by atoms with Gasteiger partial charge in [-0.2, -0.15) is 8.78 Å². The van der Waals surface area contributed by atoms with E-state index in [1.54, 1.807) is 24.3 Å². The van der Waals surface area contributed by atoms with Gasteiger partial charge in [-0.25, -0.2) is 18.8 Å². The van der Waals surface area contributed by atoms with Crippen LogP contribution in [-0.2, 0) is 0 Å². The van der Waals surface area contributed by atoms with Crippen LogP contribution >= 0.6 is 11.3 Å². The zero-order valence-corrected chi connectivity index (χ0v) is 16.3. The largest absolute Gasteiger partial charge is 0.364 e. The average Bonchev–Trinajstić information content (AvgIpc) is 3.31. The number of pyridine rings is 1. The number of thiophene rings is 1. The van der Waals surface area contributed by atoms with Crippen molar-refractivity contribution in [2.75, 3.05) is 0 Å². The molecule has 1 aliphatic rings. The van der Waals surface area contributed by atoms with Gasteiger partial charge in [-0.15, -0.1) is 11.3 Å². The van der Waals surface area contributed by atoms with E-state index in [1.807, 2.05) is 24.5 Å². The van der Waals surface area contributed by atoms with Crippen LogP contribution < -0.4 is 5.43 Å². The smallest absolute Gasteiger partial charge is 0.291 e. The molecule has 0 radical (unpaired) electrons. The molecular formula is C20H15F4N3O2S. The van der Waals surface area contributed by atoms with Gasteiger partial charge in [0.05, 0.1) is 28.1 Å². The number of para-hydroxylation sites is 1. The van der Waals surface area contributed by atoms with E-state index in [0.717, 1.165) is 9.75 Å². The van der Waals surface area contributed by atoms with Gasteiger partial charge in [0, 0.05) is 10.3 Å². The molecule has 3 heterocycles. The summed E-state index contributed by atoms with van der Waals surface area (Å²) in [5, 5.41) is 10.9. The van der Waals surface area contributed by atoms with Crippen molar-refractivity contribution in [2.45, 2.75) is 25.5 Å². The number of hydrazine groups is 1. The fourth-order valence-corrected chi connectivity index (χ4v) is 4.12. The van der Waals surface area contributed by atoms with E-state index in [9.17, 15) is 27.5 Å². The standard InChI is InChI=1S/C20H15F4N3O2S/c1-10-6-7-16(30-10)14-8-12(11-4-2-3-5-13(11)25-14)18(28)27-20(29,19(23)24)9-15(26-27)17(21)22/h2-8,19,26,29H,9H2,1H3. The Labute approximate surface area is 172 Å². The third kappa shape index (κ3) is 3.31. The normalized spacial score (nSPS) is 18.9. The van der Waals surface area contributed by atoms with Crippen molar-refractivity contribution in [3.8, 4) is 10.6 Å². The van der Waals surface area contributed by atoms with Crippen LogP contribution in [0.3, 0.4) is 0 Å². The summed E-state index contributed by atoms with van der Waals surface area (Å²) in [5.74, 6) is -1.07. The SMILES string of the molecule is Cc1ccc(-c2cc(C(=O)N3NC(=C(F)F)CC3(O)C(F)F)c3ccccc3n2)s1. The molecule has 3 aromatic rings. The second kappa shape index (κ2) is 7.37. The molecule has 4 rings (SSSR count). The van der Waals surface area contributed by atoms with Crippen LogP contribution in [0, 0.1) is 6.92 Å². The Kier molecular flexibility index (Phi) is 4.99. The van der Waals surface area contributed by atoms with E-state index < -0.39 is 36.3 Å². The van der Waals surface area contributed by atoms with Gasteiger partial charge in [-0.3, -0.25) is 10.2 Å². The Morgan fingerprint density at radius 3 is 2.63 bits per heavy atom. The number of fused-ring (bicyclic) bond motifs is 1. The van der Waals surface area contributed by atoms with Gasteiger partial charge in [-0.05, 0) is 31.2 Å². The van der Waals surface area contributed by atoms with Crippen molar-refractivity contribution in [3.05, 3.63) is 64.7 Å². The van der Waals surface area contributed by atoms with Crippen LogP contribution in [0.4, 0.5) is 17.6 Å². The van der Waals surface area contributed by atoms with Gasteiger partial charge >= 0.3 is 0 Å². The Balaban J connectivity index is 1.87. The summed E-state index contributed by atoms with van der Waals surface area (Å²) in [4.78, 5) is 19.5. The Bertz CT molecular complexity index is 1180. The van der Waals surface area contributed by atoms with E-state index >= 15 is 0 Å². The number of benzene rings is 1. The summed E-state index contributed by atoms with van der Waals surface area (Å²) >= 11 is 1.43. The van der Waals surface area contributed by atoms with E-state index in [0.29, 0.717) is 16.6 Å². The van der Waals surface area contributed by atoms with Gasteiger partial charge in [0.1, 0.15) is 5.70 Å². The summed E-state index contributed by atoms with van der Waals surface area (Å²) in [5.41, 5.74) is -1.28. The number of amides is 1. The molecule has 10 heteroatoms. The zero-order chi connectivity index (χ0) is 21.6. The molecule has 2 aromatic heterocycles. The quantitative estimate of drug-likeness (QED) is 0.584. The highest BCUT2D eigenvalue weighted by molar-refractivity contribution is 7.15. The Morgan fingerprint density at radius 1 is 1.27 bits per heavy atom. The summed E-state index contributed by atoms with van der Waals surface area (Å²) < 4.78 is 53.3. The van der Waals surface area contributed by atoms with Crippen LogP contribution in [0.2, 0.25) is 0 Å². The zero-order valence-electron chi connectivity index (χ0n) is 15.5. The number of aryl methyl sites for hydroxylation is 1. The fraction of sp³-hybridized carbons (Fsp3) is 0.200. The van der Waals surface area contributed by atoms with E-state index in [4.69, 9.17) is 0 Å². The highest BCUT2D eigenvalue weighted by atomic mass is 32.1. The van der Waals surface area contributed by atoms with Crippen molar-refractivity contribution < 1.29 is 27.5 Å². The van der Waals surface area contributed by atoms with Crippen LogP contribution in [0.5, 0.6) is 0 Å². The van der Waals surface area contributed by atoms with Crippen LogP contribution in [0.25, 0.3) is 21.5 Å². The van der Waals surface area contributed by atoms with E-state index in [2.05, 4.69) is 4.98 Å². The predicted octanol–water partition coefficient (Wildman–Crippen LogP) is 4.68. The minimum atomic E-state index is -3.47. The average molecular weight is 437 g/mol. The summed E-state index contributed by atoms with van der Waals surface area (Å²) in [6.07, 6.45) is -6.87. The molecule has 5 nitrogen and oxygen atoms in total. The highest BCUT2D eigenvalue weighted by Gasteiger charge is 2.53. The van der Waals surface area contributed by atoms with E-state index in [1.165, 1.54) is 17.4 Å². The topological polar surface area (TPSA) is 65.5 Å². The fourth-order valence-electron chi connectivity index (χ4n) is 3.29. The van der Waals surface area contributed by atoms with Crippen molar-refractivity contribution in [3.63, 3.8) is 0 Å². The second-order valence-corrected chi connectivity index (χ2v) is 8.12. The minimum absolute atomic E-state index is 0.0475. The monoisotopic (exact) mass is 437 g/mol. The van der Waals surface area contributed by atoms with Crippen LogP contribution in [0.15, 0.2) is 54.2 Å². The lowest BCUT2D eigenvalue weighted by Gasteiger charge is -2.31. The predicted molar refractivity (Wildman–Crippen MR) is 104 cm³/mol. The summed E-state index contributed by atoms with van der Waals surface area (Å²) in [7, 11) is 0. The van der Waals surface area contributed by atoms with Gasteiger partial charge < -0.3 is 5.11 Å². The maximum atomic E-state index is 13.6. The van der Waals surface area contributed by atoms with Crippen molar-refractivity contribution in [1.29, 1.82) is 0 Å². The van der Waals surface area contributed by atoms with E-state index in [-0.39, 0.29) is 10.6 Å². The number of halogens is 4. The minimum Gasteiger partial charge on any atom is -0.364 e. The lowest BCUT2D eigenvalue weighted by molar-refractivity contribution is -0.168. The first kappa shape index (κ1) is 20.3. The molecule has 30 heavy (non-hydrogen) atoms. The molecule has 0 bridgehead atoms. The number of carbonyl (C=O) groups excluding carboxylic acids is 1. The summed E-state index contributed by atoms with van der Waals surface area (Å²) in [6, 6.07) is 11.7. The van der Waals surface area contributed by atoms with Crippen LogP contribution in [0.1, 0.15) is 21.7 Å². The number of aromatic nitrogens is 1. The molecule has 1 fully saturated rings. The molecule has 0 spiro atoms. The molecule has 0 aliphatic carbocycles. The molecule has 2 N–H and O–H groups in total. The Morgan fingerprint density at radius 2 is 2.00 bits per heavy atom. The molecule has 1 aliphatic heterocycles. The first-order valence-electron chi connectivity index (χ1n) is 8.83. The lowest BCUT2D eigenvalue weighted by Crippen LogP contribution is -2.55. The number of carbonyl (C=O) groups is 1. The molecule has 1 amide bonds. The number of hydrogen-bond donors (Lipinski definition) is 2. The molecule has 1 unspecified atom stereocenters. The lowest BCUT2D eigenvalue weighted by atomic mass is 10.0. The molecular weight excluding hydrogens is 422 g/mol. The number of aliphatic hydroxyl groups is 1. The maximum Gasteiger partial charge on any atom is 0.291 e. The van der Waals surface area contributed by atoms with Gasteiger partial charge in [0.2, 0.25) is 5.72 Å². The van der Waals surface area contributed by atoms with Crippen molar-refractivity contribution >= 4 is 28.1 Å². The number of alkyl halides is 2. The third-order valence-corrected chi connectivity index (χ3v) is 5.81. The number of nitrogens with zero attached hydrogens (tertiary/aromatic N) is 2. The molecule has 156 valence electrons. The maximum absolute atomic E-state index is 13.6. The van der Waals surface area contributed by atoms with Crippen molar-refractivity contribution in [2.24, 2.45) is 0 Å². The van der Waals surface area contributed by atoms with Crippen molar-refractivity contribution in [1.82, 2.24) is 15.4 Å². The first-order chi connectivity index (χ1) is 14.2. The molecule has 1 aromatic carbocycles. The Hall–Kier alpha value is -2.98. The molecule has 1 atom stereocenters. The van der Waals surface area contributed by atoms with Gasteiger partial charge in [0.15, 0.2) is 0 Å². The molecule has 1 saturated heterocycles.